The lowest BCUT2D eigenvalue weighted by Crippen LogP contribution is -2.55. The van der Waals surface area contributed by atoms with Crippen molar-refractivity contribution < 1.29 is 9.53 Å². The molecule has 8 nitrogen and oxygen atoms in total. The molecule has 1 amide bonds. The SMILES string of the molecule is CCC[C@@H](C)OC1N=C(N)C2=C(N1)N(Cc1ccc(CN3CCCC3)cc1)CC(=O)N2. The minimum absolute atomic E-state index is 0.0657. The topological polar surface area (TPSA) is 95.2 Å². The van der Waals surface area contributed by atoms with Crippen LogP contribution in [-0.2, 0) is 22.6 Å². The lowest BCUT2D eigenvalue weighted by Gasteiger charge is -2.38. The summed E-state index contributed by atoms with van der Waals surface area (Å²) in [6.45, 7) is 8.41. The highest BCUT2D eigenvalue weighted by molar-refractivity contribution is 6.02. The molecular weight excluding hydrogens is 392 g/mol. The van der Waals surface area contributed by atoms with Crippen molar-refractivity contribution in [3.8, 4) is 0 Å². The Kier molecular flexibility index (Phi) is 6.77. The molecule has 0 aromatic heterocycles. The number of aliphatic imine (C=N–C) groups is 1. The molecule has 1 saturated heterocycles. The van der Waals surface area contributed by atoms with Crippen molar-refractivity contribution in [2.24, 2.45) is 10.7 Å². The molecular formula is C23H34N6O2. The van der Waals surface area contributed by atoms with Crippen LogP contribution in [-0.4, -0.2) is 53.6 Å². The minimum Gasteiger partial charge on any atom is -0.382 e. The maximum Gasteiger partial charge on any atom is 0.244 e. The molecule has 0 radical (unpaired) electrons. The zero-order valence-corrected chi connectivity index (χ0v) is 18.6. The lowest BCUT2D eigenvalue weighted by atomic mass is 10.1. The molecule has 3 aliphatic heterocycles. The Morgan fingerprint density at radius 1 is 1.19 bits per heavy atom. The number of rotatable bonds is 8. The molecule has 31 heavy (non-hydrogen) atoms. The van der Waals surface area contributed by atoms with Crippen molar-refractivity contribution in [3.05, 3.63) is 46.9 Å². The van der Waals surface area contributed by atoms with E-state index in [1.165, 1.54) is 31.5 Å². The average Bonchev–Trinajstić information content (AvgIpc) is 3.23. The summed E-state index contributed by atoms with van der Waals surface area (Å²) in [4.78, 5) is 21.2. The average molecular weight is 427 g/mol. The highest BCUT2D eigenvalue weighted by atomic mass is 16.5. The van der Waals surface area contributed by atoms with E-state index in [1.54, 1.807) is 0 Å². The van der Waals surface area contributed by atoms with Crippen molar-refractivity contribution in [3.63, 3.8) is 0 Å². The Hall–Kier alpha value is -2.58. The third-order valence-corrected chi connectivity index (χ3v) is 5.98. The molecule has 1 aromatic carbocycles. The molecule has 4 N–H and O–H groups in total. The first kappa shape index (κ1) is 21.6. The molecule has 1 unspecified atom stereocenters. The third-order valence-electron chi connectivity index (χ3n) is 5.98. The van der Waals surface area contributed by atoms with E-state index < -0.39 is 6.35 Å². The number of likely N-dealkylation sites (tertiary alicyclic amines) is 1. The fraction of sp³-hybridized carbons (Fsp3) is 0.565. The van der Waals surface area contributed by atoms with Gasteiger partial charge in [0.15, 0.2) is 5.84 Å². The second kappa shape index (κ2) is 9.70. The number of carbonyl (C=O) groups is 1. The standard InChI is InChI=1S/C23H34N6O2/c1-3-6-16(2)31-23-26-21(24)20-22(27-23)29(15-19(30)25-20)14-18-9-7-17(8-10-18)13-28-11-4-5-12-28/h7-10,16,23,27H,3-6,11-15H2,1-2H3,(H2,24,26)(H,25,30)/t16-,23?/m1/s1. The summed E-state index contributed by atoms with van der Waals surface area (Å²) in [5.74, 6) is 0.964. The number of amides is 1. The zero-order valence-electron chi connectivity index (χ0n) is 18.6. The molecule has 3 aliphatic rings. The largest absolute Gasteiger partial charge is 0.382 e. The number of ether oxygens (including phenoxy) is 1. The van der Waals surface area contributed by atoms with Crippen LogP contribution >= 0.6 is 0 Å². The van der Waals surface area contributed by atoms with Crippen LogP contribution in [0.25, 0.3) is 0 Å². The van der Waals surface area contributed by atoms with E-state index in [-0.39, 0.29) is 18.6 Å². The zero-order chi connectivity index (χ0) is 21.8. The number of hydrogen-bond donors (Lipinski definition) is 3. The van der Waals surface area contributed by atoms with Gasteiger partial charge in [-0.1, -0.05) is 37.6 Å². The van der Waals surface area contributed by atoms with Gasteiger partial charge in [-0.25, -0.2) is 4.99 Å². The van der Waals surface area contributed by atoms with Gasteiger partial charge in [-0.2, -0.15) is 0 Å². The van der Waals surface area contributed by atoms with E-state index in [0.29, 0.717) is 18.1 Å². The summed E-state index contributed by atoms with van der Waals surface area (Å²) in [6.07, 6.45) is 4.10. The Morgan fingerprint density at radius 3 is 2.55 bits per heavy atom. The number of benzene rings is 1. The normalized spacial score (nSPS) is 22.6. The van der Waals surface area contributed by atoms with Crippen LogP contribution in [0.2, 0.25) is 0 Å². The predicted octanol–water partition coefficient (Wildman–Crippen LogP) is 1.83. The number of carbonyl (C=O) groups excluding carboxylic acids is 1. The fourth-order valence-corrected chi connectivity index (χ4v) is 4.40. The molecule has 4 rings (SSSR count). The van der Waals surface area contributed by atoms with Crippen LogP contribution in [0, 0.1) is 0 Å². The quantitative estimate of drug-likeness (QED) is 0.587. The van der Waals surface area contributed by atoms with Crippen molar-refractivity contribution >= 4 is 11.7 Å². The number of nitrogens with two attached hydrogens (primary N) is 1. The molecule has 8 heteroatoms. The molecule has 2 atom stereocenters. The van der Waals surface area contributed by atoms with Gasteiger partial charge >= 0.3 is 0 Å². The number of nitrogens with one attached hydrogen (secondary N) is 2. The molecule has 0 saturated carbocycles. The molecule has 0 aliphatic carbocycles. The highest BCUT2D eigenvalue weighted by Crippen LogP contribution is 2.21. The first-order valence-electron chi connectivity index (χ1n) is 11.4. The van der Waals surface area contributed by atoms with Crippen molar-refractivity contribution in [1.29, 1.82) is 0 Å². The molecule has 0 spiro atoms. The van der Waals surface area contributed by atoms with Crippen molar-refractivity contribution in [2.75, 3.05) is 19.6 Å². The summed E-state index contributed by atoms with van der Waals surface area (Å²) >= 11 is 0. The van der Waals surface area contributed by atoms with Crippen LogP contribution in [0.15, 0.2) is 40.8 Å². The van der Waals surface area contributed by atoms with Crippen LogP contribution in [0.4, 0.5) is 0 Å². The Bertz CT molecular complexity index is 844. The van der Waals surface area contributed by atoms with Gasteiger partial charge in [0.05, 0.1) is 12.6 Å². The molecule has 1 fully saturated rings. The fourth-order valence-electron chi connectivity index (χ4n) is 4.40. The number of amidine groups is 1. The molecule has 3 heterocycles. The van der Waals surface area contributed by atoms with Gasteiger partial charge in [0.25, 0.3) is 0 Å². The molecule has 168 valence electrons. The van der Waals surface area contributed by atoms with E-state index in [0.717, 1.165) is 30.8 Å². The summed E-state index contributed by atoms with van der Waals surface area (Å²) in [5, 5.41) is 6.17. The Labute approximate surface area is 184 Å². The lowest BCUT2D eigenvalue weighted by molar-refractivity contribution is -0.122. The Morgan fingerprint density at radius 2 is 1.87 bits per heavy atom. The third kappa shape index (κ3) is 5.37. The van der Waals surface area contributed by atoms with Gasteiger partial charge in [0.1, 0.15) is 11.5 Å². The van der Waals surface area contributed by atoms with Gasteiger partial charge in [0.2, 0.25) is 12.3 Å². The van der Waals surface area contributed by atoms with E-state index in [2.05, 4.69) is 51.7 Å². The summed E-state index contributed by atoms with van der Waals surface area (Å²) in [6, 6.07) is 8.68. The van der Waals surface area contributed by atoms with Gasteiger partial charge in [0, 0.05) is 13.1 Å². The van der Waals surface area contributed by atoms with Crippen LogP contribution < -0.4 is 16.4 Å². The highest BCUT2D eigenvalue weighted by Gasteiger charge is 2.32. The van der Waals surface area contributed by atoms with E-state index >= 15 is 0 Å². The van der Waals surface area contributed by atoms with E-state index in [4.69, 9.17) is 10.5 Å². The van der Waals surface area contributed by atoms with E-state index in [1.807, 2.05) is 11.8 Å². The second-order valence-electron chi connectivity index (χ2n) is 8.67. The van der Waals surface area contributed by atoms with Crippen LogP contribution in [0.3, 0.4) is 0 Å². The van der Waals surface area contributed by atoms with Crippen molar-refractivity contribution in [1.82, 2.24) is 20.4 Å². The van der Waals surface area contributed by atoms with Gasteiger partial charge in [-0.15, -0.1) is 0 Å². The van der Waals surface area contributed by atoms with Crippen LogP contribution in [0.1, 0.15) is 50.7 Å². The summed E-state index contributed by atoms with van der Waals surface area (Å²) < 4.78 is 6.00. The Balaban J connectivity index is 1.45. The van der Waals surface area contributed by atoms with Gasteiger partial charge in [-0.05, 0) is 50.4 Å². The maximum atomic E-state index is 12.3. The van der Waals surface area contributed by atoms with Gasteiger partial charge < -0.3 is 26.0 Å². The van der Waals surface area contributed by atoms with Crippen molar-refractivity contribution in [2.45, 2.75) is 65.1 Å². The number of nitrogens with zero attached hydrogens (tertiary/aromatic N) is 3. The smallest absolute Gasteiger partial charge is 0.244 e. The molecule has 1 aromatic rings. The summed E-state index contributed by atoms with van der Waals surface area (Å²) in [7, 11) is 0. The number of hydrogen-bond acceptors (Lipinski definition) is 7. The minimum atomic E-state index is -0.555. The first-order valence-corrected chi connectivity index (χ1v) is 11.4. The van der Waals surface area contributed by atoms with Crippen LogP contribution in [0.5, 0.6) is 0 Å². The van der Waals surface area contributed by atoms with E-state index in [9.17, 15) is 4.79 Å². The predicted molar refractivity (Wildman–Crippen MR) is 121 cm³/mol. The monoisotopic (exact) mass is 426 g/mol. The van der Waals surface area contributed by atoms with Gasteiger partial charge in [-0.3, -0.25) is 9.69 Å². The first-order chi connectivity index (χ1) is 15.0. The maximum absolute atomic E-state index is 12.3. The molecule has 0 bridgehead atoms. The summed E-state index contributed by atoms with van der Waals surface area (Å²) in [5.41, 5.74) is 9.17. The second-order valence-corrected chi connectivity index (χ2v) is 8.67.